The summed E-state index contributed by atoms with van der Waals surface area (Å²) in [7, 11) is 0. The highest BCUT2D eigenvalue weighted by molar-refractivity contribution is 7.41. The smallest absolute Gasteiger partial charge is 0.277 e. The fourth-order valence-corrected chi connectivity index (χ4v) is 13.1. The second-order valence-corrected chi connectivity index (χ2v) is 26.9. The molecular weight excluding hydrogens is 800 g/mol. The first kappa shape index (κ1) is 43.9. The molecule has 2 aliphatic rings. The van der Waals surface area contributed by atoms with E-state index in [4.69, 9.17) is 0 Å². The van der Waals surface area contributed by atoms with Crippen molar-refractivity contribution in [2.45, 2.75) is 157 Å². The van der Waals surface area contributed by atoms with Gasteiger partial charge in [0.15, 0.2) is 0 Å². The zero-order valence-corrected chi connectivity index (χ0v) is 43.1. The van der Waals surface area contributed by atoms with Crippen molar-refractivity contribution in [3.05, 3.63) is 124 Å². The summed E-state index contributed by atoms with van der Waals surface area (Å²) >= 11 is 4.11. The SMILES string of the molecule is CC(C)(C)c1ccc(N2c3cccc4c3B(c3sc5c(C(C)(C)C)cc(C(C)(C)C)cc5c32)c2sc3c(C(C)(C)C)cc(C(C)(C)C)cc3c2N4c2ccc(C(C)(C)C)cc2)cc1. The Bertz CT molecular complexity index is 2740. The molecule has 0 unspecified atom stereocenters. The summed E-state index contributed by atoms with van der Waals surface area (Å²) in [6, 6.07) is 36.3. The lowest BCUT2D eigenvalue weighted by Crippen LogP contribution is -2.59. The molecule has 0 saturated carbocycles. The molecule has 63 heavy (non-hydrogen) atoms. The molecule has 0 radical (unpaired) electrons. The molecule has 0 aliphatic carbocycles. The summed E-state index contributed by atoms with van der Waals surface area (Å²) in [6.07, 6.45) is 0. The third kappa shape index (κ3) is 7.19. The van der Waals surface area contributed by atoms with Gasteiger partial charge in [-0.25, -0.2) is 0 Å². The molecule has 9 rings (SSSR count). The molecule has 5 aromatic carbocycles. The maximum Gasteiger partial charge on any atom is 0.277 e. The second kappa shape index (κ2) is 14.1. The van der Waals surface area contributed by atoms with Crippen molar-refractivity contribution < 1.29 is 0 Å². The Morgan fingerprint density at radius 2 is 0.714 bits per heavy atom. The lowest BCUT2D eigenvalue weighted by molar-refractivity contribution is 0.573. The molecule has 326 valence electrons. The molecule has 5 heteroatoms. The summed E-state index contributed by atoms with van der Waals surface area (Å²) in [5.41, 5.74) is 17.4. The molecule has 4 heterocycles. The molecular formula is C58H69BN2S2. The van der Waals surface area contributed by atoms with Crippen LogP contribution in [0, 0.1) is 0 Å². The molecule has 0 N–H and O–H groups in total. The highest BCUT2D eigenvalue weighted by atomic mass is 32.1. The van der Waals surface area contributed by atoms with Gasteiger partial charge in [0, 0.05) is 52.5 Å². The molecule has 0 atom stereocenters. The minimum absolute atomic E-state index is 0.0113. The van der Waals surface area contributed by atoms with E-state index in [1.54, 1.807) is 0 Å². The Labute approximate surface area is 387 Å². The van der Waals surface area contributed by atoms with Crippen LogP contribution in [-0.2, 0) is 32.5 Å². The second-order valence-electron chi connectivity index (χ2n) is 24.8. The van der Waals surface area contributed by atoms with Crippen molar-refractivity contribution in [3.63, 3.8) is 0 Å². The first-order chi connectivity index (χ1) is 29.0. The van der Waals surface area contributed by atoms with E-state index in [1.807, 2.05) is 0 Å². The number of thiophene rings is 2. The third-order valence-corrected chi connectivity index (χ3v) is 16.3. The van der Waals surface area contributed by atoms with Crippen LogP contribution in [0.3, 0.4) is 0 Å². The average molecular weight is 869 g/mol. The summed E-state index contributed by atoms with van der Waals surface area (Å²) in [4.78, 5) is 5.29. The number of hydrogen-bond acceptors (Lipinski definition) is 4. The normalized spacial score (nSPS) is 14.7. The van der Waals surface area contributed by atoms with Crippen molar-refractivity contribution in [3.8, 4) is 0 Å². The van der Waals surface area contributed by atoms with Crippen LogP contribution in [0.25, 0.3) is 20.2 Å². The van der Waals surface area contributed by atoms with Crippen molar-refractivity contribution in [2.24, 2.45) is 0 Å². The number of rotatable bonds is 2. The fraction of sp³-hybridized carbons (Fsp3) is 0.414. The van der Waals surface area contributed by atoms with Gasteiger partial charge in [-0.3, -0.25) is 0 Å². The maximum atomic E-state index is 2.65. The minimum Gasteiger partial charge on any atom is -0.310 e. The van der Waals surface area contributed by atoms with Crippen LogP contribution in [-0.4, -0.2) is 6.71 Å². The van der Waals surface area contributed by atoms with Crippen molar-refractivity contribution in [2.75, 3.05) is 9.80 Å². The van der Waals surface area contributed by atoms with Crippen LogP contribution < -0.4 is 24.8 Å². The van der Waals surface area contributed by atoms with E-state index in [0.717, 1.165) is 0 Å². The summed E-state index contributed by atoms with van der Waals surface area (Å²) in [5, 5.41) is 2.74. The van der Waals surface area contributed by atoms with Gasteiger partial charge in [-0.05, 0) is 120 Å². The molecule has 0 saturated heterocycles. The Balaban J connectivity index is 1.46. The highest BCUT2D eigenvalue weighted by Crippen LogP contribution is 2.53. The van der Waals surface area contributed by atoms with E-state index in [0.29, 0.717) is 0 Å². The molecule has 0 amide bonds. The summed E-state index contributed by atoms with van der Waals surface area (Å²) in [6.45, 7) is 42.6. The highest BCUT2D eigenvalue weighted by Gasteiger charge is 2.48. The van der Waals surface area contributed by atoms with Gasteiger partial charge < -0.3 is 9.80 Å². The number of hydrogen-bond donors (Lipinski definition) is 0. The molecule has 0 bridgehead atoms. The predicted octanol–water partition coefficient (Wildman–Crippen LogP) is 16.0. The third-order valence-electron chi connectivity index (χ3n) is 13.7. The monoisotopic (exact) mass is 868 g/mol. The van der Waals surface area contributed by atoms with Gasteiger partial charge in [-0.15, -0.1) is 22.7 Å². The van der Waals surface area contributed by atoms with Gasteiger partial charge in [0.1, 0.15) is 0 Å². The van der Waals surface area contributed by atoms with Crippen LogP contribution in [0.5, 0.6) is 0 Å². The standard InChI is InChI=1S/C58H69BN2S2/c1-53(2,3)34-22-26-38(27-23-34)60-44-20-19-21-45-46(44)59(51-47(60)40-30-36(55(7,8)9)32-42(49(40)62-51)57(13,14)15)52-48(61(45)39-28-24-35(25-29-39)54(4,5)6)41-31-37(56(10,11)12)33-43(50(41)63-52)58(16,17)18/h19-33H,1-18H3. The quantitative estimate of drug-likeness (QED) is 0.160. The van der Waals surface area contributed by atoms with Crippen LogP contribution in [0.4, 0.5) is 34.1 Å². The zero-order valence-electron chi connectivity index (χ0n) is 41.4. The van der Waals surface area contributed by atoms with Crippen LogP contribution in [0.1, 0.15) is 158 Å². The first-order valence-corrected chi connectivity index (χ1v) is 24.9. The maximum absolute atomic E-state index is 2.65. The van der Waals surface area contributed by atoms with Crippen LogP contribution >= 0.6 is 22.7 Å². The Morgan fingerprint density at radius 3 is 1.02 bits per heavy atom. The van der Waals surface area contributed by atoms with E-state index in [2.05, 4.69) is 248 Å². The number of benzene rings is 5. The van der Waals surface area contributed by atoms with Crippen LogP contribution in [0.2, 0.25) is 0 Å². The Kier molecular flexibility index (Phi) is 9.82. The van der Waals surface area contributed by atoms with Crippen molar-refractivity contribution in [1.29, 1.82) is 0 Å². The van der Waals surface area contributed by atoms with E-state index in [-0.39, 0.29) is 39.2 Å². The van der Waals surface area contributed by atoms with Gasteiger partial charge in [0.25, 0.3) is 6.71 Å². The molecule has 0 fully saturated rings. The predicted molar refractivity (Wildman–Crippen MR) is 283 cm³/mol. The van der Waals surface area contributed by atoms with Gasteiger partial charge in [0.2, 0.25) is 0 Å². The van der Waals surface area contributed by atoms with Gasteiger partial charge in [-0.1, -0.05) is 167 Å². The molecule has 7 aromatic rings. The number of anilines is 6. The van der Waals surface area contributed by atoms with E-state index in [1.165, 1.54) is 103 Å². The van der Waals surface area contributed by atoms with E-state index >= 15 is 0 Å². The summed E-state index contributed by atoms with van der Waals surface area (Å²) < 4.78 is 5.73. The fourth-order valence-electron chi connectivity index (χ4n) is 9.85. The lowest BCUT2D eigenvalue weighted by atomic mass is 9.39. The zero-order chi connectivity index (χ0) is 45.7. The Morgan fingerprint density at radius 1 is 0.381 bits per heavy atom. The van der Waals surface area contributed by atoms with Gasteiger partial charge in [-0.2, -0.15) is 0 Å². The molecule has 2 aromatic heterocycles. The van der Waals surface area contributed by atoms with Gasteiger partial charge >= 0.3 is 0 Å². The summed E-state index contributed by atoms with van der Waals surface area (Å²) in [5.74, 6) is 0. The lowest BCUT2D eigenvalue weighted by Gasteiger charge is -2.42. The topological polar surface area (TPSA) is 6.48 Å². The number of fused-ring (bicyclic) bond motifs is 8. The van der Waals surface area contributed by atoms with Crippen molar-refractivity contribution in [1.82, 2.24) is 0 Å². The minimum atomic E-state index is -0.0412. The van der Waals surface area contributed by atoms with Crippen molar-refractivity contribution >= 4 is 98.7 Å². The molecule has 0 spiro atoms. The average Bonchev–Trinajstić information content (AvgIpc) is 3.74. The first-order valence-electron chi connectivity index (χ1n) is 23.2. The molecule has 2 nitrogen and oxygen atoms in total. The van der Waals surface area contributed by atoms with Gasteiger partial charge in [0.05, 0.1) is 11.4 Å². The Hall–Kier alpha value is -4.32. The van der Waals surface area contributed by atoms with E-state index < -0.39 is 0 Å². The van der Waals surface area contributed by atoms with E-state index in [9.17, 15) is 0 Å². The van der Waals surface area contributed by atoms with Crippen LogP contribution in [0.15, 0.2) is 91.0 Å². The molecule has 2 aliphatic heterocycles. The number of nitrogens with zero attached hydrogens (tertiary/aromatic N) is 2. The largest absolute Gasteiger partial charge is 0.310 e.